The minimum absolute atomic E-state index is 0.0159. The maximum atomic E-state index is 13.4. The first-order valence-corrected chi connectivity index (χ1v) is 16.5. The molecular formula is C29H31F3N5O8PS. The van der Waals surface area contributed by atoms with Gasteiger partial charge < -0.3 is 19.9 Å². The number of phosphoric ester groups is 1. The van der Waals surface area contributed by atoms with E-state index in [0.29, 0.717) is 17.9 Å². The van der Waals surface area contributed by atoms with Gasteiger partial charge in [0.2, 0.25) is 5.43 Å². The van der Waals surface area contributed by atoms with Crippen LogP contribution in [0.15, 0.2) is 46.8 Å². The monoisotopic (exact) mass is 697 g/mol. The molecule has 3 aromatic heterocycles. The highest BCUT2D eigenvalue weighted by atomic mass is 32.1. The van der Waals surface area contributed by atoms with E-state index >= 15 is 0 Å². The molecule has 4 N–H and O–H groups in total. The molecule has 13 nitrogen and oxygen atoms in total. The van der Waals surface area contributed by atoms with Crippen LogP contribution in [0, 0.1) is 5.92 Å². The Morgan fingerprint density at radius 3 is 2.45 bits per heavy atom. The number of anilines is 1. The highest BCUT2D eigenvalue weighted by Crippen LogP contribution is 2.44. The lowest BCUT2D eigenvalue weighted by Gasteiger charge is -2.21. The van der Waals surface area contributed by atoms with Gasteiger partial charge in [-0.3, -0.25) is 19.2 Å². The van der Waals surface area contributed by atoms with E-state index in [0.717, 1.165) is 11.6 Å². The molecule has 0 aliphatic heterocycles. The van der Waals surface area contributed by atoms with Gasteiger partial charge in [0, 0.05) is 40.8 Å². The lowest BCUT2D eigenvalue weighted by Crippen LogP contribution is -2.28. The molecule has 0 bridgehead atoms. The normalized spacial score (nSPS) is 13.8. The van der Waals surface area contributed by atoms with E-state index < -0.39 is 48.7 Å². The molecule has 0 fully saturated rings. The first-order valence-electron chi connectivity index (χ1n) is 14.1. The molecule has 4 aromatic rings. The molecule has 1 unspecified atom stereocenters. The minimum Gasteiger partial charge on any atom is -0.477 e. The first kappa shape index (κ1) is 35.7. The zero-order valence-corrected chi connectivity index (χ0v) is 27.2. The third-order valence-electron chi connectivity index (χ3n) is 6.61. The molecule has 1 aromatic carbocycles. The van der Waals surface area contributed by atoms with Gasteiger partial charge in [0.15, 0.2) is 5.69 Å². The van der Waals surface area contributed by atoms with Gasteiger partial charge in [-0.1, -0.05) is 19.9 Å². The number of hydrogen-bond acceptors (Lipinski definition) is 9. The van der Waals surface area contributed by atoms with Crippen molar-refractivity contribution in [3.63, 3.8) is 0 Å². The number of nitrogens with zero attached hydrogens (tertiary/aromatic N) is 3. The summed E-state index contributed by atoms with van der Waals surface area (Å²) in [7, 11) is -4.43. The number of phosphoric acid groups is 1. The number of urea groups is 1. The van der Waals surface area contributed by atoms with Gasteiger partial charge >= 0.3 is 26.0 Å². The average molecular weight is 698 g/mol. The number of benzene rings is 1. The fourth-order valence-corrected chi connectivity index (χ4v) is 6.20. The van der Waals surface area contributed by atoms with Crippen LogP contribution in [0.1, 0.15) is 49.8 Å². The first-order chi connectivity index (χ1) is 22.0. The summed E-state index contributed by atoms with van der Waals surface area (Å²) in [5, 5.41) is 15.6. The van der Waals surface area contributed by atoms with Crippen molar-refractivity contribution in [2.75, 3.05) is 25.1 Å². The van der Waals surface area contributed by atoms with Crippen LogP contribution in [-0.2, 0) is 19.8 Å². The molecule has 3 heterocycles. The molecule has 2 atom stereocenters. The highest BCUT2D eigenvalue weighted by Gasteiger charge is 2.34. The lowest BCUT2D eigenvalue weighted by molar-refractivity contribution is -0.140. The van der Waals surface area contributed by atoms with Gasteiger partial charge in [0.1, 0.15) is 16.4 Å². The number of carbonyl (C=O) groups is 2. The van der Waals surface area contributed by atoms with Crippen LogP contribution >= 0.6 is 19.2 Å². The highest BCUT2D eigenvalue weighted by molar-refractivity contribution is 7.47. The topological polar surface area (TPSA) is 182 Å². The van der Waals surface area contributed by atoms with Gasteiger partial charge in [0.25, 0.3) is 0 Å². The number of fused-ring (bicyclic) bond motifs is 1. The number of carbonyl (C=O) groups excluding carboxylic acids is 1. The number of alkyl halides is 3. The van der Waals surface area contributed by atoms with Crippen LogP contribution in [0.4, 0.5) is 23.8 Å². The van der Waals surface area contributed by atoms with E-state index in [9.17, 15) is 42.1 Å². The van der Waals surface area contributed by atoms with Gasteiger partial charge in [-0.25, -0.2) is 24.1 Å². The van der Waals surface area contributed by atoms with Gasteiger partial charge in [-0.2, -0.15) is 13.2 Å². The zero-order valence-electron chi connectivity index (χ0n) is 25.5. The van der Waals surface area contributed by atoms with Crippen molar-refractivity contribution in [3.05, 3.63) is 63.5 Å². The van der Waals surface area contributed by atoms with E-state index in [1.165, 1.54) is 29.0 Å². The van der Waals surface area contributed by atoms with Gasteiger partial charge in [-0.15, -0.1) is 11.3 Å². The molecule has 0 aliphatic rings. The zero-order chi connectivity index (χ0) is 34.7. The Bertz CT molecular complexity index is 1910. The molecule has 47 heavy (non-hydrogen) atoms. The van der Waals surface area contributed by atoms with Crippen molar-refractivity contribution in [1.29, 1.82) is 0 Å². The van der Waals surface area contributed by atoms with E-state index in [1.54, 1.807) is 33.8 Å². The van der Waals surface area contributed by atoms with Crippen LogP contribution in [-0.4, -0.2) is 56.3 Å². The van der Waals surface area contributed by atoms with Crippen LogP contribution in [0.5, 0.6) is 0 Å². The lowest BCUT2D eigenvalue weighted by atomic mass is 9.99. The van der Waals surface area contributed by atoms with E-state index in [2.05, 4.69) is 20.6 Å². The average Bonchev–Trinajstić information content (AvgIpc) is 3.50. The maximum Gasteiger partial charge on any atom is 0.472 e. The summed E-state index contributed by atoms with van der Waals surface area (Å²) in [5.41, 5.74) is -1.64. The van der Waals surface area contributed by atoms with Crippen molar-refractivity contribution in [2.45, 2.75) is 39.9 Å². The maximum absolute atomic E-state index is 13.4. The Hall–Kier alpha value is -4.15. The number of thiazole rings is 1. The number of pyridine rings is 2. The van der Waals surface area contributed by atoms with Crippen molar-refractivity contribution in [3.8, 4) is 21.7 Å². The predicted molar refractivity (Wildman–Crippen MR) is 168 cm³/mol. The van der Waals surface area contributed by atoms with Crippen molar-refractivity contribution < 1.29 is 46.4 Å². The molecule has 0 radical (unpaired) electrons. The summed E-state index contributed by atoms with van der Waals surface area (Å²) in [6.45, 7) is 6.72. The number of amides is 2. The molecule has 0 spiro atoms. The van der Waals surface area contributed by atoms with Crippen LogP contribution in [0.2, 0.25) is 0 Å². The molecule has 0 saturated carbocycles. The smallest absolute Gasteiger partial charge is 0.472 e. The van der Waals surface area contributed by atoms with Crippen molar-refractivity contribution >= 4 is 47.9 Å². The molecule has 0 aliphatic carbocycles. The molecule has 0 saturated heterocycles. The fraction of sp³-hybridized carbons (Fsp3) is 0.345. The van der Waals surface area contributed by atoms with E-state index in [-0.39, 0.29) is 57.6 Å². The molecule has 2 amide bonds. The number of hydrogen-bond donors (Lipinski definition) is 4. The van der Waals surface area contributed by atoms with Gasteiger partial charge in [-0.05, 0) is 43.5 Å². The quantitative estimate of drug-likeness (QED) is 0.121. The number of aromatic carboxylic acids is 1. The second-order valence-electron chi connectivity index (χ2n) is 10.8. The number of carboxylic acids is 1. The van der Waals surface area contributed by atoms with Crippen LogP contribution < -0.4 is 16.1 Å². The molecular weight excluding hydrogens is 666 g/mol. The Morgan fingerprint density at radius 2 is 1.83 bits per heavy atom. The van der Waals surface area contributed by atoms with Gasteiger partial charge in [0.05, 0.1) is 24.8 Å². The number of nitrogens with one attached hydrogen (secondary N) is 2. The summed E-state index contributed by atoms with van der Waals surface area (Å²) in [4.78, 5) is 55.5. The van der Waals surface area contributed by atoms with Crippen molar-refractivity contribution in [1.82, 2.24) is 19.9 Å². The number of aromatic nitrogens is 3. The summed E-state index contributed by atoms with van der Waals surface area (Å²) in [5.74, 6) is -1.55. The minimum atomic E-state index is -4.71. The Balaban J connectivity index is 1.83. The Morgan fingerprint density at radius 1 is 1.13 bits per heavy atom. The van der Waals surface area contributed by atoms with E-state index in [4.69, 9.17) is 9.05 Å². The number of carboxylic acid groups (broad SMARTS) is 1. The second-order valence-corrected chi connectivity index (χ2v) is 13.1. The molecule has 18 heteroatoms. The summed E-state index contributed by atoms with van der Waals surface area (Å²) < 4.78 is 64.1. The molecule has 4 rings (SSSR count). The van der Waals surface area contributed by atoms with E-state index in [1.807, 2.05) is 0 Å². The standard InChI is InChI=1S/C29H31F3N5O8PS/c1-5-33-28(41)36-24-9-18(26-35-23(14-47-26)29(30,31)32)20(10-34-24)17-6-7-22-19(8-17)25(38)21(27(39)40)11-37(22)16(4)13-45-46(42,43)44-12-15(2)3/h6-11,14-16H,5,12-13H2,1-4H3,(H,39,40)(H,42,43)(H2,33,34,36,41)/t16-/m0/s1. The summed E-state index contributed by atoms with van der Waals surface area (Å²) in [6.07, 6.45) is -2.32. The Labute approximate surface area is 270 Å². The Kier molecular flexibility index (Phi) is 10.9. The second kappa shape index (κ2) is 14.3. The third kappa shape index (κ3) is 8.61. The molecule has 252 valence electrons. The van der Waals surface area contributed by atoms with Crippen molar-refractivity contribution in [2.24, 2.45) is 5.92 Å². The number of halogens is 3. The van der Waals surface area contributed by atoms with Crippen LogP contribution in [0.3, 0.4) is 0 Å². The number of rotatable bonds is 12. The predicted octanol–water partition coefficient (Wildman–Crippen LogP) is 6.40. The third-order valence-corrected chi connectivity index (χ3v) is 8.43. The SMILES string of the molecule is CCNC(=O)Nc1cc(-c2nc(C(F)(F)F)cs2)c(-c2ccc3c(c2)c(=O)c(C(=O)O)cn3[C@@H](C)COP(=O)(O)OCC(C)C)cn1. The fourth-order valence-electron chi connectivity index (χ4n) is 4.38. The summed E-state index contributed by atoms with van der Waals surface area (Å²) >= 11 is 0.710. The largest absolute Gasteiger partial charge is 0.477 e. The summed E-state index contributed by atoms with van der Waals surface area (Å²) in [6, 6.07) is 4.39. The van der Waals surface area contributed by atoms with Crippen LogP contribution in [0.25, 0.3) is 32.6 Å².